The van der Waals surface area contributed by atoms with E-state index in [0.717, 1.165) is 10.9 Å². The molecule has 1 heterocycles. The molecule has 0 saturated heterocycles. The second-order valence-electron chi connectivity index (χ2n) is 4.50. The molecule has 0 radical (unpaired) electrons. The van der Waals surface area contributed by atoms with Gasteiger partial charge in [-0.1, -0.05) is 11.6 Å². The molecule has 0 unspecified atom stereocenters. The number of carboxylic acids is 1. The molecular formula is C14H16ClNO4. The van der Waals surface area contributed by atoms with E-state index in [2.05, 4.69) is 0 Å². The van der Waals surface area contributed by atoms with Crippen LogP contribution in [0.2, 0.25) is 5.02 Å². The first-order valence-electron chi connectivity index (χ1n) is 6.24. The quantitative estimate of drug-likeness (QED) is 0.858. The van der Waals surface area contributed by atoms with Crippen LogP contribution in [0.5, 0.6) is 5.75 Å². The molecule has 0 aliphatic rings. The van der Waals surface area contributed by atoms with Crippen molar-refractivity contribution in [1.82, 2.24) is 4.57 Å². The number of nitrogens with zero attached hydrogens (tertiary/aromatic N) is 1. The first-order valence-corrected chi connectivity index (χ1v) is 6.62. The van der Waals surface area contributed by atoms with Crippen LogP contribution in [-0.4, -0.2) is 34.5 Å². The van der Waals surface area contributed by atoms with Gasteiger partial charge in [-0.05, 0) is 24.1 Å². The van der Waals surface area contributed by atoms with E-state index in [-0.39, 0.29) is 13.0 Å². The third-order valence-corrected chi connectivity index (χ3v) is 3.43. The molecule has 0 spiro atoms. The molecule has 0 bridgehead atoms. The van der Waals surface area contributed by atoms with E-state index in [0.29, 0.717) is 29.3 Å². The van der Waals surface area contributed by atoms with Gasteiger partial charge in [0.2, 0.25) is 0 Å². The summed E-state index contributed by atoms with van der Waals surface area (Å²) in [6, 6.07) is 3.52. The summed E-state index contributed by atoms with van der Waals surface area (Å²) in [6.45, 7) is 0.688. The molecule has 0 aliphatic carbocycles. The lowest BCUT2D eigenvalue weighted by atomic mass is 10.1. The zero-order chi connectivity index (χ0) is 14.7. The number of carbonyl (C=O) groups is 1. The minimum Gasteiger partial charge on any atom is -0.495 e. The molecule has 20 heavy (non-hydrogen) atoms. The molecule has 2 N–H and O–H groups in total. The van der Waals surface area contributed by atoms with Crippen LogP contribution in [0.4, 0.5) is 0 Å². The number of methoxy groups -OCH3 is 1. The molecule has 5 nitrogen and oxygen atoms in total. The fourth-order valence-corrected chi connectivity index (χ4v) is 2.49. The molecule has 0 fully saturated rings. The van der Waals surface area contributed by atoms with Crippen molar-refractivity contribution in [1.29, 1.82) is 0 Å². The normalized spacial score (nSPS) is 10.9. The van der Waals surface area contributed by atoms with Crippen molar-refractivity contribution < 1.29 is 19.7 Å². The van der Waals surface area contributed by atoms with Gasteiger partial charge in [0.15, 0.2) is 0 Å². The SMILES string of the molecule is COc1cc2c(CC(=O)O)cn(CCCO)c2cc1Cl. The number of benzene rings is 1. The lowest BCUT2D eigenvalue weighted by Crippen LogP contribution is -2.00. The number of aliphatic hydroxyl groups excluding tert-OH is 1. The Hall–Kier alpha value is -1.72. The van der Waals surface area contributed by atoms with Gasteiger partial charge in [0.25, 0.3) is 0 Å². The highest BCUT2D eigenvalue weighted by molar-refractivity contribution is 6.32. The first-order chi connectivity index (χ1) is 9.56. The van der Waals surface area contributed by atoms with Crippen LogP contribution in [0, 0.1) is 0 Å². The molecule has 1 aromatic carbocycles. The lowest BCUT2D eigenvalue weighted by molar-refractivity contribution is -0.136. The Morgan fingerprint density at radius 3 is 2.80 bits per heavy atom. The molecule has 2 rings (SSSR count). The summed E-state index contributed by atoms with van der Waals surface area (Å²) in [7, 11) is 1.52. The van der Waals surface area contributed by atoms with Crippen LogP contribution in [-0.2, 0) is 17.8 Å². The summed E-state index contributed by atoms with van der Waals surface area (Å²) >= 11 is 6.12. The van der Waals surface area contributed by atoms with Crippen molar-refractivity contribution in [3.8, 4) is 5.75 Å². The van der Waals surface area contributed by atoms with Gasteiger partial charge in [-0.25, -0.2) is 0 Å². The van der Waals surface area contributed by atoms with Gasteiger partial charge in [-0.15, -0.1) is 0 Å². The summed E-state index contributed by atoms with van der Waals surface area (Å²) in [6.07, 6.45) is 2.33. The predicted octanol–water partition coefficient (Wildman–Crippen LogP) is 2.31. The van der Waals surface area contributed by atoms with Crippen LogP contribution in [0.3, 0.4) is 0 Å². The highest BCUT2D eigenvalue weighted by Gasteiger charge is 2.14. The maximum atomic E-state index is 11.0. The minimum atomic E-state index is -0.889. The molecule has 6 heteroatoms. The summed E-state index contributed by atoms with van der Waals surface area (Å²) in [5, 5.41) is 19.2. The Kier molecular flexibility index (Phi) is 4.52. The molecule has 0 saturated carbocycles. The van der Waals surface area contributed by atoms with E-state index < -0.39 is 5.97 Å². The number of hydrogen-bond donors (Lipinski definition) is 2. The molecule has 0 aliphatic heterocycles. The van der Waals surface area contributed by atoms with Gasteiger partial charge in [-0.3, -0.25) is 4.79 Å². The number of aliphatic carboxylic acids is 1. The van der Waals surface area contributed by atoms with Crippen molar-refractivity contribution >= 4 is 28.5 Å². The highest BCUT2D eigenvalue weighted by Crippen LogP contribution is 2.33. The van der Waals surface area contributed by atoms with Crippen LogP contribution in [0.15, 0.2) is 18.3 Å². The minimum absolute atomic E-state index is 0.0621. The third-order valence-electron chi connectivity index (χ3n) is 3.14. The van der Waals surface area contributed by atoms with Crippen LogP contribution in [0.1, 0.15) is 12.0 Å². The molecule has 0 atom stereocenters. The van der Waals surface area contributed by atoms with Crippen LogP contribution >= 0.6 is 11.6 Å². The number of rotatable bonds is 6. The van der Waals surface area contributed by atoms with Crippen molar-refractivity contribution in [3.63, 3.8) is 0 Å². The molecule has 108 valence electrons. The van der Waals surface area contributed by atoms with Gasteiger partial charge in [0, 0.05) is 24.7 Å². The average molecular weight is 298 g/mol. The van der Waals surface area contributed by atoms with Gasteiger partial charge in [-0.2, -0.15) is 0 Å². The second kappa shape index (κ2) is 6.15. The zero-order valence-electron chi connectivity index (χ0n) is 11.1. The highest BCUT2D eigenvalue weighted by atomic mass is 35.5. The van der Waals surface area contributed by atoms with Crippen molar-refractivity contribution in [2.75, 3.05) is 13.7 Å². The number of fused-ring (bicyclic) bond motifs is 1. The standard InChI is InChI=1S/C14H16ClNO4/c1-20-13-6-10-9(5-14(18)19)8-16(3-2-4-17)12(10)7-11(13)15/h6-8,17H,2-5H2,1H3,(H,18,19). The van der Waals surface area contributed by atoms with E-state index in [4.69, 9.17) is 26.6 Å². The third kappa shape index (κ3) is 2.89. The number of ether oxygens (including phenoxy) is 1. The lowest BCUT2D eigenvalue weighted by Gasteiger charge is -2.06. The number of hydrogen-bond acceptors (Lipinski definition) is 3. The van der Waals surface area contributed by atoms with Crippen molar-refractivity contribution in [2.45, 2.75) is 19.4 Å². The summed E-state index contributed by atoms with van der Waals surface area (Å²) in [5.74, 6) is -0.370. The van der Waals surface area contributed by atoms with E-state index in [1.807, 2.05) is 4.57 Å². The Labute approximate surface area is 121 Å². The zero-order valence-corrected chi connectivity index (χ0v) is 11.9. The number of aromatic nitrogens is 1. The Morgan fingerprint density at radius 1 is 1.45 bits per heavy atom. The monoisotopic (exact) mass is 297 g/mol. The smallest absolute Gasteiger partial charge is 0.307 e. The van der Waals surface area contributed by atoms with E-state index >= 15 is 0 Å². The Morgan fingerprint density at radius 2 is 2.20 bits per heavy atom. The Balaban J connectivity index is 2.57. The van der Waals surface area contributed by atoms with E-state index in [9.17, 15) is 4.79 Å². The molecule has 0 amide bonds. The number of halogens is 1. The predicted molar refractivity (Wildman–Crippen MR) is 76.5 cm³/mol. The maximum Gasteiger partial charge on any atom is 0.307 e. The van der Waals surface area contributed by atoms with Crippen molar-refractivity contribution in [3.05, 3.63) is 28.9 Å². The molecule has 1 aromatic heterocycles. The molecular weight excluding hydrogens is 282 g/mol. The van der Waals surface area contributed by atoms with Gasteiger partial charge in [0.1, 0.15) is 5.75 Å². The van der Waals surface area contributed by atoms with E-state index in [1.165, 1.54) is 7.11 Å². The largest absolute Gasteiger partial charge is 0.495 e. The number of aryl methyl sites for hydroxylation is 1. The average Bonchev–Trinajstić information content (AvgIpc) is 2.72. The fraction of sp³-hybridized carbons (Fsp3) is 0.357. The first kappa shape index (κ1) is 14.7. The Bertz CT molecular complexity index is 636. The van der Waals surface area contributed by atoms with Crippen LogP contribution in [0.25, 0.3) is 10.9 Å². The topological polar surface area (TPSA) is 71.7 Å². The summed E-state index contributed by atoms with van der Waals surface area (Å²) in [4.78, 5) is 11.0. The maximum absolute atomic E-state index is 11.0. The number of aliphatic hydroxyl groups is 1. The second-order valence-corrected chi connectivity index (χ2v) is 4.91. The van der Waals surface area contributed by atoms with E-state index in [1.54, 1.807) is 18.3 Å². The number of carboxylic acid groups (broad SMARTS) is 1. The van der Waals surface area contributed by atoms with Crippen LogP contribution < -0.4 is 4.74 Å². The fourth-order valence-electron chi connectivity index (χ4n) is 2.25. The van der Waals surface area contributed by atoms with Gasteiger partial charge >= 0.3 is 5.97 Å². The van der Waals surface area contributed by atoms with Gasteiger partial charge in [0.05, 0.1) is 24.1 Å². The van der Waals surface area contributed by atoms with Crippen molar-refractivity contribution in [2.24, 2.45) is 0 Å². The van der Waals surface area contributed by atoms with Gasteiger partial charge < -0.3 is 19.5 Å². The summed E-state index contributed by atoms with van der Waals surface area (Å²) in [5.41, 5.74) is 1.56. The summed E-state index contributed by atoms with van der Waals surface area (Å²) < 4.78 is 7.09. The molecule has 2 aromatic rings.